The zero-order valence-corrected chi connectivity index (χ0v) is 11.6. The van der Waals surface area contributed by atoms with Crippen molar-refractivity contribution >= 4 is 21.4 Å². The van der Waals surface area contributed by atoms with Crippen LogP contribution in [0.4, 0.5) is 11.4 Å². The van der Waals surface area contributed by atoms with Crippen LogP contribution in [0, 0.1) is 0 Å². The molecule has 0 radical (unpaired) electrons. The largest absolute Gasteiger partial charge is 0.495 e. The highest BCUT2D eigenvalue weighted by atomic mass is 32.2. The van der Waals surface area contributed by atoms with Gasteiger partial charge in [-0.15, -0.1) is 0 Å². The molecule has 1 aromatic rings. The molecule has 0 fully saturated rings. The van der Waals surface area contributed by atoms with Gasteiger partial charge in [0.05, 0.1) is 18.6 Å². The number of rotatable bonds is 6. The number of hydrogen-bond acceptors (Lipinski definition) is 5. The van der Waals surface area contributed by atoms with Gasteiger partial charge in [0, 0.05) is 32.4 Å². The number of sulfonamides is 1. The number of anilines is 2. The molecule has 0 aromatic heterocycles. The minimum atomic E-state index is -3.18. The Morgan fingerprint density at radius 2 is 2.06 bits per heavy atom. The van der Waals surface area contributed by atoms with Crippen molar-refractivity contribution in [2.45, 2.75) is 0 Å². The maximum atomic E-state index is 11.5. The van der Waals surface area contributed by atoms with Gasteiger partial charge in [-0.05, 0) is 12.1 Å². The summed E-state index contributed by atoms with van der Waals surface area (Å²) in [6.07, 6.45) is 0. The van der Waals surface area contributed by atoms with Crippen LogP contribution < -0.4 is 15.8 Å². The van der Waals surface area contributed by atoms with Crippen molar-refractivity contribution in [1.82, 2.24) is 4.31 Å². The van der Waals surface area contributed by atoms with Crippen LogP contribution in [-0.4, -0.2) is 46.2 Å². The predicted octanol–water partition coefficient (Wildman–Crippen LogP) is 0.581. The molecule has 6 nitrogen and oxygen atoms in total. The van der Waals surface area contributed by atoms with Crippen LogP contribution in [-0.2, 0) is 10.0 Å². The zero-order chi connectivity index (χ0) is 13.8. The maximum Gasteiger partial charge on any atom is 0.215 e. The van der Waals surface area contributed by atoms with Crippen LogP contribution in [0.3, 0.4) is 0 Å². The van der Waals surface area contributed by atoms with E-state index in [1.54, 1.807) is 18.2 Å². The summed E-state index contributed by atoms with van der Waals surface area (Å²) in [5.41, 5.74) is 7.00. The van der Waals surface area contributed by atoms with Gasteiger partial charge in [0.1, 0.15) is 5.75 Å². The third-order valence-corrected chi connectivity index (χ3v) is 4.31. The molecule has 18 heavy (non-hydrogen) atoms. The van der Waals surface area contributed by atoms with E-state index >= 15 is 0 Å². The van der Waals surface area contributed by atoms with Crippen LogP contribution in [0.25, 0.3) is 0 Å². The second-order valence-electron chi connectivity index (χ2n) is 3.98. The summed E-state index contributed by atoms with van der Waals surface area (Å²) in [5.74, 6) is 0.600. The fraction of sp³-hybridized carbons (Fsp3) is 0.455. The summed E-state index contributed by atoms with van der Waals surface area (Å²) >= 11 is 0. The second kappa shape index (κ2) is 5.92. The molecule has 0 unspecified atom stereocenters. The Balaban J connectivity index is 2.60. The molecule has 0 atom stereocenters. The van der Waals surface area contributed by atoms with Crippen molar-refractivity contribution in [3.05, 3.63) is 18.2 Å². The summed E-state index contributed by atoms with van der Waals surface area (Å²) in [6.45, 7) is 0.327. The van der Waals surface area contributed by atoms with Gasteiger partial charge in [0.25, 0.3) is 0 Å². The molecule has 0 aliphatic carbocycles. The molecule has 0 spiro atoms. The number of ether oxygens (including phenoxy) is 1. The minimum Gasteiger partial charge on any atom is -0.495 e. The number of nitrogens with two attached hydrogens (primary N) is 1. The van der Waals surface area contributed by atoms with Crippen molar-refractivity contribution < 1.29 is 13.2 Å². The first-order valence-electron chi connectivity index (χ1n) is 5.44. The lowest BCUT2D eigenvalue weighted by Crippen LogP contribution is -2.28. The van der Waals surface area contributed by atoms with Gasteiger partial charge >= 0.3 is 0 Å². The van der Waals surface area contributed by atoms with E-state index in [-0.39, 0.29) is 5.75 Å². The smallest absolute Gasteiger partial charge is 0.215 e. The highest BCUT2D eigenvalue weighted by molar-refractivity contribution is 7.89. The first-order valence-corrected chi connectivity index (χ1v) is 7.05. The van der Waals surface area contributed by atoms with E-state index in [0.717, 1.165) is 5.69 Å². The van der Waals surface area contributed by atoms with Gasteiger partial charge in [-0.3, -0.25) is 0 Å². The summed E-state index contributed by atoms with van der Waals surface area (Å²) in [5, 5.41) is 3.02. The molecule has 0 heterocycles. The van der Waals surface area contributed by atoms with Crippen LogP contribution in [0.5, 0.6) is 5.75 Å². The average molecular weight is 273 g/mol. The van der Waals surface area contributed by atoms with E-state index in [0.29, 0.717) is 18.0 Å². The standard InChI is InChI=1S/C11H19N3O3S/c1-14(2)18(15,16)7-6-13-9-4-5-10(12)11(8-9)17-3/h4-5,8,13H,6-7,12H2,1-3H3. The fourth-order valence-electron chi connectivity index (χ4n) is 1.33. The Kier molecular flexibility index (Phi) is 4.80. The number of nitrogens with zero attached hydrogens (tertiary/aromatic N) is 1. The lowest BCUT2D eigenvalue weighted by molar-refractivity contribution is 0.417. The average Bonchev–Trinajstić information content (AvgIpc) is 2.31. The minimum absolute atomic E-state index is 0.0344. The van der Waals surface area contributed by atoms with Gasteiger partial charge in [-0.25, -0.2) is 12.7 Å². The van der Waals surface area contributed by atoms with E-state index in [4.69, 9.17) is 10.5 Å². The van der Waals surface area contributed by atoms with Crippen LogP contribution >= 0.6 is 0 Å². The molecule has 0 bridgehead atoms. The van der Waals surface area contributed by atoms with E-state index in [1.807, 2.05) is 0 Å². The molecule has 102 valence electrons. The van der Waals surface area contributed by atoms with Crippen molar-refractivity contribution in [3.63, 3.8) is 0 Å². The van der Waals surface area contributed by atoms with Crippen LogP contribution in [0.15, 0.2) is 18.2 Å². The highest BCUT2D eigenvalue weighted by Crippen LogP contribution is 2.24. The topological polar surface area (TPSA) is 84.7 Å². The number of nitrogen functional groups attached to an aromatic ring is 1. The number of hydrogen-bond donors (Lipinski definition) is 2. The van der Waals surface area contributed by atoms with E-state index in [2.05, 4.69) is 5.32 Å². The Hall–Kier alpha value is -1.47. The monoisotopic (exact) mass is 273 g/mol. The molecule has 1 aromatic carbocycles. The Bertz CT molecular complexity index is 500. The first kappa shape index (κ1) is 14.6. The Morgan fingerprint density at radius 1 is 1.39 bits per heavy atom. The van der Waals surface area contributed by atoms with Gasteiger partial charge in [0.15, 0.2) is 0 Å². The van der Waals surface area contributed by atoms with Gasteiger partial charge < -0.3 is 15.8 Å². The molecular formula is C11H19N3O3S. The third-order valence-electron chi connectivity index (χ3n) is 2.48. The summed E-state index contributed by atoms with van der Waals surface area (Å²) in [4.78, 5) is 0. The Labute approximate surface area is 108 Å². The summed E-state index contributed by atoms with van der Waals surface area (Å²) < 4.78 is 29.4. The normalized spacial score (nSPS) is 11.6. The summed E-state index contributed by atoms with van der Waals surface area (Å²) in [6, 6.07) is 5.22. The molecule has 1 rings (SSSR count). The molecule has 7 heteroatoms. The van der Waals surface area contributed by atoms with Crippen LogP contribution in [0.2, 0.25) is 0 Å². The molecule has 0 aliphatic rings. The van der Waals surface area contributed by atoms with E-state index in [1.165, 1.54) is 25.5 Å². The summed E-state index contributed by atoms with van der Waals surface area (Å²) in [7, 11) is 1.39. The van der Waals surface area contributed by atoms with Crippen LogP contribution in [0.1, 0.15) is 0 Å². The third kappa shape index (κ3) is 3.78. The predicted molar refractivity (Wildman–Crippen MR) is 73.4 cm³/mol. The van der Waals surface area contributed by atoms with Crippen molar-refractivity contribution in [3.8, 4) is 5.75 Å². The molecule has 0 saturated heterocycles. The second-order valence-corrected chi connectivity index (χ2v) is 6.28. The molecule has 0 amide bonds. The van der Waals surface area contributed by atoms with Gasteiger partial charge in [0.2, 0.25) is 10.0 Å². The molecular weight excluding hydrogens is 254 g/mol. The number of nitrogens with one attached hydrogen (secondary N) is 1. The molecule has 3 N–H and O–H groups in total. The number of methoxy groups -OCH3 is 1. The van der Waals surface area contributed by atoms with Gasteiger partial charge in [-0.1, -0.05) is 0 Å². The van der Waals surface area contributed by atoms with Crippen molar-refractivity contribution in [2.75, 3.05) is 44.6 Å². The number of benzene rings is 1. The molecule has 0 saturated carbocycles. The molecule has 0 aliphatic heterocycles. The fourth-order valence-corrected chi connectivity index (χ4v) is 2.05. The lowest BCUT2D eigenvalue weighted by atomic mass is 10.2. The quantitative estimate of drug-likeness (QED) is 0.741. The SMILES string of the molecule is COc1cc(NCCS(=O)(=O)N(C)C)ccc1N. The van der Waals surface area contributed by atoms with Crippen molar-refractivity contribution in [2.24, 2.45) is 0 Å². The highest BCUT2D eigenvalue weighted by Gasteiger charge is 2.12. The van der Waals surface area contributed by atoms with Crippen molar-refractivity contribution in [1.29, 1.82) is 0 Å². The maximum absolute atomic E-state index is 11.5. The van der Waals surface area contributed by atoms with E-state index < -0.39 is 10.0 Å². The van der Waals surface area contributed by atoms with E-state index in [9.17, 15) is 8.42 Å². The van der Waals surface area contributed by atoms with Gasteiger partial charge in [-0.2, -0.15) is 0 Å². The zero-order valence-electron chi connectivity index (χ0n) is 10.8. The Morgan fingerprint density at radius 3 is 2.61 bits per heavy atom. The first-order chi connectivity index (χ1) is 8.36. The lowest BCUT2D eigenvalue weighted by Gasteiger charge is -2.13.